The van der Waals surface area contributed by atoms with Crippen molar-refractivity contribution in [3.8, 4) is 0 Å². The van der Waals surface area contributed by atoms with E-state index in [0.29, 0.717) is 6.54 Å². The van der Waals surface area contributed by atoms with Gasteiger partial charge in [0.1, 0.15) is 0 Å². The number of hydrogen-bond acceptors (Lipinski definition) is 2. The van der Waals surface area contributed by atoms with Crippen LogP contribution in [-0.4, -0.2) is 11.7 Å². The molecule has 0 heterocycles. The largest absolute Gasteiger partial charge is 0.387 e. The van der Waals surface area contributed by atoms with Crippen LogP contribution < -0.4 is 5.32 Å². The van der Waals surface area contributed by atoms with Crippen LogP contribution in [-0.2, 0) is 6.54 Å². The van der Waals surface area contributed by atoms with Gasteiger partial charge < -0.3 is 10.4 Å². The van der Waals surface area contributed by atoms with Gasteiger partial charge in [0, 0.05) is 13.1 Å². The van der Waals surface area contributed by atoms with Crippen LogP contribution >= 0.6 is 0 Å². The van der Waals surface area contributed by atoms with Crippen molar-refractivity contribution in [2.75, 3.05) is 6.54 Å². The smallest absolute Gasteiger partial charge is 0.0914 e. The van der Waals surface area contributed by atoms with E-state index >= 15 is 0 Å². The topological polar surface area (TPSA) is 32.3 Å². The molecule has 0 spiro atoms. The Morgan fingerprint density at radius 3 is 2.33 bits per heavy atom. The number of aliphatic hydroxyl groups excluding tert-OH is 1. The molecular formula is C16H19NO. The highest BCUT2D eigenvalue weighted by atomic mass is 16.3. The Morgan fingerprint density at radius 1 is 1.00 bits per heavy atom. The number of nitrogens with one attached hydrogen (secondary N) is 1. The minimum absolute atomic E-state index is 0.448. The molecule has 2 aromatic carbocycles. The van der Waals surface area contributed by atoms with E-state index in [0.717, 1.165) is 12.1 Å². The van der Waals surface area contributed by atoms with Crippen molar-refractivity contribution in [1.29, 1.82) is 0 Å². The Hall–Kier alpha value is -1.64. The summed E-state index contributed by atoms with van der Waals surface area (Å²) in [6.07, 6.45) is -0.448. The highest BCUT2D eigenvalue weighted by Gasteiger charge is 2.05. The quantitative estimate of drug-likeness (QED) is 0.843. The van der Waals surface area contributed by atoms with E-state index in [1.54, 1.807) is 0 Å². The third kappa shape index (κ3) is 3.69. The second kappa shape index (κ2) is 6.34. The van der Waals surface area contributed by atoms with Crippen molar-refractivity contribution in [2.24, 2.45) is 0 Å². The maximum Gasteiger partial charge on any atom is 0.0914 e. The summed E-state index contributed by atoms with van der Waals surface area (Å²) in [5.74, 6) is 0. The zero-order chi connectivity index (χ0) is 12.8. The van der Waals surface area contributed by atoms with Crippen LogP contribution in [0.15, 0.2) is 54.6 Å². The zero-order valence-corrected chi connectivity index (χ0v) is 10.6. The van der Waals surface area contributed by atoms with Gasteiger partial charge in [-0.15, -0.1) is 0 Å². The molecule has 0 saturated heterocycles. The first-order valence-electron chi connectivity index (χ1n) is 6.25. The third-order valence-electron chi connectivity index (χ3n) is 2.97. The molecule has 0 aliphatic heterocycles. The second-order valence-electron chi connectivity index (χ2n) is 4.54. The van der Waals surface area contributed by atoms with Crippen molar-refractivity contribution < 1.29 is 5.11 Å². The molecule has 2 nitrogen and oxygen atoms in total. The lowest BCUT2D eigenvalue weighted by molar-refractivity contribution is 0.174. The molecular weight excluding hydrogens is 222 g/mol. The van der Waals surface area contributed by atoms with Gasteiger partial charge >= 0.3 is 0 Å². The SMILES string of the molecule is Cc1ccc(CNCC(O)c2ccccc2)cc1. The van der Waals surface area contributed by atoms with Crippen molar-refractivity contribution in [3.05, 3.63) is 71.3 Å². The molecule has 0 aliphatic carbocycles. The number of hydrogen-bond donors (Lipinski definition) is 2. The average Bonchev–Trinajstić information content (AvgIpc) is 2.42. The molecule has 18 heavy (non-hydrogen) atoms. The van der Waals surface area contributed by atoms with Crippen LogP contribution in [0.25, 0.3) is 0 Å². The number of benzene rings is 2. The summed E-state index contributed by atoms with van der Waals surface area (Å²) in [5, 5.41) is 13.2. The minimum Gasteiger partial charge on any atom is -0.387 e. The molecule has 94 valence electrons. The first-order valence-corrected chi connectivity index (χ1v) is 6.25. The van der Waals surface area contributed by atoms with Crippen molar-refractivity contribution >= 4 is 0 Å². The molecule has 1 atom stereocenters. The Balaban J connectivity index is 1.80. The summed E-state index contributed by atoms with van der Waals surface area (Å²) in [6, 6.07) is 18.1. The van der Waals surface area contributed by atoms with Crippen molar-refractivity contribution in [3.63, 3.8) is 0 Å². The summed E-state index contributed by atoms with van der Waals surface area (Å²) in [4.78, 5) is 0. The van der Waals surface area contributed by atoms with Gasteiger partial charge in [-0.2, -0.15) is 0 Å². The van der Waals surface area contributed by atoms with Crippen molar-refractivity contribution in [1.82, 2.24) is 5.32 Å². The van der Waals surface area contributed by atoms with E-state index in [4.69, 9.17) is 0 Å². The van der Waals surface area contributed by atoms with Gasteiger partial charge in [-0.1, -0.05) is 60.2 Å². The van der Waals surface area contributed by atoms with Crippen LogP contribution in [0.5, 0.6) is 0 Å². The van der Waals surface area contributed by atoms with E-state index in [9.17, 15) is 5.11 Å². The lowest BCUT2D eigenvalue weighted by Gasteiger charge is -2.12. The molecule has 2 aromatic rings. The Bertz CT molecular complexity index is 464. The van der Waals surface area contributed by atoms with Gasteiger partial charge in [0.05, 0.1) is 6.10 Å². The van der Waals surface area contributed by atoms with E-state index in [1.807, 2.05) is 30.3 Å². The summed E-state index contributed by atoms with van der Waals surface area (Å²) in [6.45, 7) is 3.43. The van der Waals surface area contributed by atoms with E-state index in [1.165, 1.54) is 11.1 Å². The first kappa shape index (κ1) is 12.8. The molecule has 0 radical (unpaired) electrons. The fourth-order valence-electron chi connectivity index (χ4n) is 1.85. The highest BCUT2D eigenvalue weighted by molar-refractivity contribution is 5.21. The summed E-state index contributed by atoms with van der Waals surface area (Å²) in [7, 11) is 0. The molecule has 0 amide bonds. The molecule has 0 aromatic heterocycles. The van der Waals surface area contributed by atoms with Crippen LogP contribution in [0.1, 0.15) is 22.8 Å². The lowest BCUT2D eigenvalue weighted by Crippen LogP contribution is -2.20. The lowest BCUT2D eigenvalue weighted by atomic mass is 10.1. The fraction of sp³-hybridized carbons (Fsp3) is 0.250. The van der Waals surface area contributed by atoms with Gasteiger partial charge in [-0.25, -0.2) is 0 Å². The van der Waals surface area contributed by atoms with Gasteiger partial charge in [0.15, 0.2) is 0 Å². The Labute approximate surface area is 108 Å². The van der Waals surface area contributed by atoms with Gasteiger partial charge in [0.25, 0.3) is 0 Å². The molecule has 2 rings (SSSR count). The van der Waals surface area contributed by atoms with Crippen LogP contribution in [0, 0.1) is 6.92 Å². The van der Waals surface area contributed by atoms with E-state index < -0.39 is 6.10 Å². The number of aliphatic hydroxyl groups is 1. The standard InChI is InChI=1S/C16H19NO/c1-13-7-9-14(10-8-13)11-17-12-16(18)15-5-3-2-4-6-15/h2-10,16-18H,11-12H2,1H3. The maximum absolute atomic E-state index is 9.98. The summed E-state index contributed by atoms with van der Waals surface area (Å²) < 4.78 is 0. The minimum atomic E-state index is -0.448. The molecule has 0 saturated carbocycles. The third-order valence-corrected chi connectivity index (χ3v) is 2.97. The number of aryl methyl sites for hydroxylation is 1. The van der Waals surface area contributed by atoms with E-state index in [-0.39, 0.29) is 0 Å². The first-order chi connectivity index (χ1) is 8.75. The molecule has 1 unspecified atom stereocenters. The summed E-state index contributed by atoms with van der Waals surface area (Å²) >= 11 is 0. The fourth-order valence-corrected chi connectivity index (χ4v) is 1.85. The van der Waals surface area contributed by atoms with E-state index in [2.05, 4.69) is 36.5 Å². The summed E-state index contributed by atoms with van der Waals surface area (Å²) in [5.41, 5.74) is 3.46. The van der Waals surface area contributed by atoms with Gasteiger partial charge in [-0.3, -0.25) is 0 Å². The Morgan fingerprint density at radius 2 is 1.67 bits per heavy atom. The van der Waals surface area contributed by atoms with Gasteiger partial charge in [0.2, 0.25) is 0 Å². The van der Waals surface area contributed by atoms with Crippen LogP contribution in [0.2, 0.25) is 0 Å². The average molecular weight is 241 g/mol. The zero-order valence-electron chi connectivity index (χ0n) is 10.6. The van der Waals surface area contributed by atoms with Crippen LogP contribution in [0.4, 0.5) is 0 Å². The molecule has 0 bridgehead atoms. The van der Waals surface area contributed by atoms with Gasteiger partial charge in [-0.05, 0) is 18.1 Å². The Kier molecular flexibility index (Phi) is 4.51. The highest BCUT2D eigenvalue weighted by Crippen LogP contribution is 2.11. The second-order valence-corrected chi connectivity index (χ2v) is 4.54. The van der Waals surface area contributed by atoms with Crippen LogP contribution in [0.3, 0.4) is 0 Å². The number of rotatable bonds is 5. The maximum atomic E-state index is 9.98. The normalized spacial score (nSPS) is 12.3. The molecule has 0 fully saturated rings. The predicted octanol–water partition coefficient (Wildman–Crippen LogP) is 2.82. The monoisotopic (exact) mass is 241 g/mol. The molecule has 0 aliphatic rings. The predicted molar refractivity (Wildman–Crippen MR) is 74.3 cm³/mol. The van der Waals surface area contributed by atoms with Crippen molar-refractivity contribution in [2.45, 2.75) is 19.6 Å². The molecule has 2 N–H and O–H groups in total. The molecule has 2 heteroatoms.